The van der Waals surface area contributed by atoms with Crippen molar-refractivity contribution < 1.29 is 78.6 Å². The Morgan fingerprint density at radius 1 is 0.418 bits per heavy atom. The molecule has 0 saturated carbocycles. The molecule has 370 valence electrons. The zero-order chi connectivity index (χ0) is 50.3. The van der Waals surface area contributed by atoms with Crippen LogP contribution in [0.3, 0.4) is 0 Å². The van der Waals surface area contributed by atoms with Crippen LogP contribution in [0.4, 0.5) is 30.6 Å². The molecule has 0 aromatic heterocycles. The maximum atomic E-state index is 12.2. The molecule has 24 nitrogen and oxygen atoms in total. The van der Waals surface area contributed by atoms with Gasteiger partial charge in [0.25, 0.3) is 0 Å². The Balaban J connectivity index is 0.000000670. The summed E-state index contributed by atoms with van der Waals surface area (Å²) in [5.74, 6) is -7.07. The van der Waals surface area contributed by atoms with Crippen molar-refractivity contribution in [2.24, 2.45) is 0 Å². The predicted molar refractivity (Wildman–Crippen MR) is 257 cm³/mol. The van der Waals surface area contributed by atoms with Gasteiger partial charge in [-0.25, -0.2) is 24.0 Å². The molecule has 0 aliphatic rings. The minimum absolute atomic E-state index is 0.0748. The van der Waals surface area contributed by atoms with E-state index in [4.69, 9.17) is 25.5 Å². The SMILES string of the molecule is O=C(O)CC[C@@H](CC(=O)O)NC(=O)N[C@@H](CCCCNC(=O)Nc1ccc(I)cc1)C(=O)O.O=C(O)CC[C@@H](CC(=O)O)NC(=O)N[C@@H](CCCCNC(=O)Nc1ccc(I)cc1)CC(=O)O. The molecule has 0 spiro atoms. The second kappa shape index (κ2) is 33.3. The fourth-order valence-corrected chi connectivity index (χ4v) is 6.49. The van der Waals surface area contributed by atoms with Gasteiger partial charge < -0.3 is 73.2 Å². The first-order valence-corrected chi connectivity index (χ1v) is 22.8. The number of benzene rings is 2. The molecule has 0 fully saturated rings. The molecule has 14 N–H and O–H groups in total. The zero-order valence-corrected chi connectivity index (χ0v) is 40.4. The number of hydrogen-bond acceptors (Lipinski definition) is 10. The van der Waals surface area contributed by atoms with Crippen LogP contribution in [0.15, 0.2) is 48.5 Å². The van der Waals surface area contributed by atoms with Crippen molar-refractivity contribution in [3.05, 3.63) is 55.7 Å². The maximum absolute atomic E-state index is 12.2. The highest BCUT2D eigenvalue weighted by Gasteiger charge is 2.24. The summed E-state index contributed by atoms with van der Waals surface area (Å²) in [6.45, 7) is 0.642. The van der Waals surface area contributed by atoms with E-state index in [0.29, 0.717) is 56.6 Å². The number of unbranched alkanes of at least 4 members (excludes halogenated alkanes) is 2. The number of rotatable bonds is 29. The summed E-state index contributed by atoms with van der Waals surface area (Å²) in [5, 5.41) is 73.9. The van der Waals surface area contributed by atoms with Gasteiger partial charge >= 0.3 is 59.9 Å². The van der Waals surface area contributed by atoms with Crippen molar-refractivity contribution in [3.8, 4) is 0 Å². The van der Waals surface area contributed by atoms with Crippen molar-refractivity contribution in [1.29, 1.82) is 0 Å². The monoisotopic (exact) mass is 1170 g/mol. The van der Waals surface area contributed by atoms with Crippen LogP contribution in [0, 0.1) is 7.14 Å². The van der Waals surface area contributed by atoms with E-state index in [0.717, 1.165) is 7.14 Å². The number of aliphatic carboxylic acids is 6. The van der Waals surface area contributed by atoms with Gasteiger partial charge in [0, 0.05) is 62.6 Å². The summed E-state index contributed by atoms with van der Waals surface area (Å²) in [4.78, 5) is 114. The van der Waals surface area contributed by atoms with E-state index in [1.165, 1.54) is 0 Å². The molecular formula is C41H56I2N8O16. The molecule has 0 bridgehead atoms. The summed E-state index contributed by atoms with van der Waals surface area (Å²) in [6.07, 6.45) is 0.177. The van der Waals surface area contributed by atoms with Gasteiger partial charge in [-0.3, -0.25) is 24.0 Å². The molecule has 0 radical (unpaired) electrons. The van der Waals surface area contributed by atoms with Gasteiger partial charge in [-0.2, -0.15) is 0 Å². The Kier molecular flexibility index (Phi) is 29.2. The second-order valence-electron chi connectivity index (χ2n) is 14.6. The molecule has 67 heavy (non-hydrogen) atoms. The van der Waals surface area contributed by atoms with Gasteiger partial charge in [0.05, 0.1) is 19.3 Å². The van der Waals surface area contributed by atoms with Crippen molar-refractivity contribution in [2.75, 3.05) is 23.7 Å². The van der Waals surface area contributed by atoms with Crippen LogP contribution in [0.25, 0.3) is 0 Å². The quantitative estimate of drug-likeness (QED) is 0.0394. The first kappa shape index (κ1) is 58.8. The molecule has 0 aliphatic carbocycles. The van der Waals surface area contributed by atoms with Gasteiger partial charge in [0.2, 0.25) is 0 Å². The molecule has 0 saturated heterocycles. The summed E-state index contributed by atoms with van der Waals surface area (Å²) in [5.41, 5.74) is 1.29. The molecular weight excluding hydrogens is 1110 g/mol. The fourth-order valence-electron chi connectivity index (χ4n) is 5.77. The molecule has 2 aromatic rings. The number of urea groups is 4. The van der Waals surface area contributed by atoms with Crippen LogP contribution in [0.2, 0.25) is 0 Å². The smallest absolute Gasteiger partial charge is 0.326 e. The molecule has 0 aliphatic heterocycles. The minimum Gasteiger partial charge on any atom is -0.481 e. The average Bonchev–Trinajstić information content (AvgIpc) is 3.22. The molecule has 26 heteroatoms. The number of anilines is 2. The van der Waals surface area contributed by atoms with Gasteiger partial charge in [-0.05, 0) is 145 Å². The summed E-state index contributed by atoms with van der Waals surface area (Å²) in [6, 6.07) is 8.26. The van der Waals surface area contributed by atoms with E-state index in [1.807, 2.05) is 24.3 Å². The van der Waals surface area contributed by atoms with Crippen molar-refractivity contribution in [3.63, 3.8) is 0 Å². The topological polar surface area (TPSA) is 388 Å². The number of carboxylic acids is 6. The second-order valence-corrected chi connectivity index (χ2v) is 17.1. The van der Waals surface area contributed by atoms with Crippen LogP contribution in [0.5, 0.6) is 0 Å². The first-order valence-electron chi connectivity index (χ1n) is 20.7. The number of hydrogen-bond donors (Lipinski definition) is 14. The van der Waals surface area contributed by atoms with E-state index in [-0.39, 0.29) is 44.6 Å². The highest BCUT2D eigenvalue weighted by Crippen LogP contribution is 2.13. The third-order valence-corrected chi connectivity index (χ3v) is 10.4. The van der Waals surface area contributed by atoms with E-state index < -0.39 is 90.9 Å². The molecule has 0 unspecified atom stereocenters. The van der Waals surface area contributed by atoms with Crippen LogP contribution in [0.1, 0.15) is 83.5 Å². The highest BCUT2D eigenvalue weighted by atomic mass is 127. The van der Waals surface area contributed by atoms with E-state index in [9.17, 15) is 53.1 Å². The summed E-state index contributed by atoms with van der Waals surface area (Å²) in [7, 11) is 0. The Morgan fingerprint density at radius 3 is 1.10 bits per heavy atom. The average molecular weight is 1170 g/mol. The molecule has 0 heterocycles. The summed E-state index contributed by atoms with van der Waals surface area (Å²) < 4.78 is 2.07. The van der Waals surface area contributed by atoms with Gasteiger partial charge in [0.1, 0.15) is 6.04 Å². The fraction of sp³-hybridized carbons (Fsp3) is 0.463. The molecule has 4 atom stereocenters. The Hall–Kier alpha value is -6.20. The first-order chi connectivity index (χ1) is 31.6. The lowest BCUT2D eigenvalue weighted by Gasteiger charge is -2.21. The van der Waals surface area contributed by atoms with Crippen molar-refractivity contribution >= 4 is 116 Å². The van der Waals surface area contributed by atoms with Crippen molar-refractivity contribution in [1.82, 2.24) is 31.9 Å². The van der Waals surface area contributed by atoms with E-state index >= 15 is 0 Å². The lowest BCUT2D eigenvalue weighted by Crippen LogP contribution is -2.49. The molecule has 2 aromatic carbocycles. The normalized spacial score (nSPS) is 12.1. The van der Waals surface area contributed by atoms with Crippen LogP contribution in [-0.4, -0.2) is 128 Å². The lowest BCUT2D eigenvalue weighted by molar-refractivity contribution is -0.140. The molecule has 8 amide bonds. The van der Waals surface area contributed by atoms with Gasteiger partial charge in [-0.15, -0.1) is 0 Å². The predicted octanol–water partition coefficient (Wildman–Crippen LogP) is 4.48. The Morgan fingerprint density at radius 2 is 0.761 bits per heavy atom. The van der Waals surface area contributed by atoms with Gasteiger partial charge in [-0.1, -0.05) is 0 Å². The molecule has 2 rings (SSSR count). The zero-order valence-electron chi connectivity index (χ0n) is 36.1. The lowest BCUT2D eigenvalue weighted by atomic mass is 10.1. The van der Waals surface area contributed by atoms with Crippen molar-refractivity contribution in [2.45, 2.75) is 108 Å². The highest BCUT2D eigenvalue weighted by molar-refractivity contribution is 14.1. The van der Waals surface area contributed by atoms with Crippen LogP contribution < -0.4 is 42.5 Å². The number of carboxylic acid groups (broad SMARTS) is 6. The van der Waals surface area contributed by atoms with E-state index in [1.54, 1.807) is 24.3 Å². The number of amides is 8. The van der Waals surface area contributed by atoms with E-state index in [2.05, 4.69) is 87.7 Å². The maximum Gasteiger partial charge on any atom is 0.326 e. The largest absolute Gasteiger partial charge is 0.481 e. The number of halogens is 2. The third kappa shape index (κ3) is 31.4. The summed E-state index contributed by atoms with van der Waals surface area (Å²) >= 11 is 4.31. The number of carbonyl (C=O) groups excluding carboxylic acids is 4. The van der Waals surface area contributed by atoms with Gasteiger partial charge in [0.15, 0.2) is 0 Å². The standard InChI is InChI=1S/C21H29IN4O8.C20H27IN4O8/c22-13-4-6-14(7-5-13)24-20(33)23-10-2-1-3-15(11-18(29)30)25-21(34)26-16(12-19(31)32)8-9-17(27)28;21-12-4-6-13(7-5-12)23-19(32)22-10-2-1-3-15(18(30)31)25-20(33)24-14(11-17(28)29)8-9-16(26)27/h4-7,15-16H,1-3,8-12H2,(H,27,28)(H,29,30)(H,31,32)(H2,23,24,33)(H2,25,26,34);4-7,14-15H,1-3,8-11H2,(H,26,27)(H,28,29)(H,30,31)(H2,22,23,32)(H2,24,25,33)/t15-,16-;14-,15-/m00/s1. The van der Waals surface area contributed by atoms with Crippen LogP contribution in [-0.2, 0) is 28.8 Å². The Bertz CT molecular complexity index is 1960. The Labute approximate surface area is 411 Å². The number of carbonyl (C=O) groups is 10. The minimum atomic E-state index is -1.27. The third-order valence-electron chi connectivity index (χ3n) is 8.96. The van der Waals surface area contributed by atoms with Crippen LogP contribution >= 0.6 is 45.2 Å². The number of nitrogens with one attached hydrogen (secondary N) is 8.